The van der Waals surface area contributed by atoms with E-state index in [1.807, 2.05) is 0 Å². The van der Waals surface area contributed by atoms with Crippen molar-refractivity contribution in [1.29, 1.82) is 0 Å². The number of hydrogen-bond donors (Lipinski definition) is 2. The van der Waals surface area contributed by atoms with Gasteiger partial charge in [0.1, 0.15) is 5.82 Å². The maximum absolute atomic E-state index is 13.9. The van der Waals surface area contributed by atoms with Crippen LogP contribution in [0.2, 0.25) is 5.02 Å². The zero-order valence-corrected chi connectivity index (χ0v) is 10.9. The van der Waals surface area contributed by atoms with Crippen LogP contribution < -0.4 is 5.73 Å². The van der Waals surface area contributed by atoms with E-state index < -0.39 is 17.8 Å². The molecule has 1 heterocycles. The number of aliphatic hydroxyl groups is 1. The molecular weight excluding hydrogens is 267 g/mol. The van der Waals surface area contributed by atoms with E-state index in [4.69, 9.17) is 17.3 Å². The molecule has 2 rings (SSSR count). The summed E-state index contributed by atoms with van der Waals surface area (Å²) in [4.78, 5) is 3.88. The molecule has 3 N–H and O–H groups in total. The molecule has 5 heteroatoms. The van der Waals surface area contributed by atoms with Gasteiger partial charge >= 0.3 is 0 Å². The topological polar surface area (TPSA) is 59.1 Å². The third-order valence-electron chi connectivity index (χ3n) is 3.05. The van der Waals surface area contributed by atoms with E-state index in [1.165, 1.54) is 12.1 Å². The van der Waals surface area contributed by atoms with Crippen LogP contribution in [0.4, 0.5) is 4.39 Å². The Hall–Kier alpha value is -1.49. The predicted octanol–water partition coefficient (Wildman–Crippen LogP) is 2.65. The highest BCUT2D eigenvalue weighted by molar-refractivity contribution is 6.31. The monoisotopic (exact) mass is 280 g/mol. The first kappa shape index (κ1) is 13.9. The number of hydrogen-bond acceptors (Lipinski definition) is 3. The van der Waals surface area contributed by atoms with Gasteiger partial charge in [0, 0.05) is 35.4 Å². The van der Waals surface area contributed by atoms with Crippen molar-refractivity contribution in [2.75, 3.05) is 6.54 Å². The standard InChI is InChI=1S/C14H14ClFN2O/c15-11-2-1-3-12(16)13(11)10(8-17)14(19)9-4-6-18-7-5-9/h1-7,10,14,19H,8,17H2. The molecular formula is C14H14ClFN2O. The van der Waals surface area contributed by atoms with E-state index in [2.05, 4.69) is 4.98 Å². The van der Waals surface area contributed by atoms with Crippen LogP contribution in [0, 0.1) is 5.82 Å². The molecule has 2 aromatic rings. The molecule has 0 amide bonds. The van der Waals surface area contributed by atoms with Crippen molar-refractivity contribution in [1.82, 2.24) is 4.98 Å². The van der Waals surface area contributed by atoms with Crippen molar-refractivity contribution in [2.45, 2.75) is 12.0 Å². The van der Waals surface area contributed by atoms with Crippen LogP contribution in [0.25, 0.3) is 0 Å². The molecule has 100 valence electrons. The quantitative estimate of drug-likeness (QED) is 0.905. The zero-order chi connectivity index (χ0) is 13.8. The lowest BCUT2D eigenvalue weighted by molar-refractivity contribution is 0.145. The SMILES string of the molecule is NCC(c1c(F)cccc1Cl)C(O)c1ccncc1. The van der Waals surface area contributed by atoms with Crippen molar-refractivity contribution in [3.8, 4) is 0 Å². The number of benzene rings is 1. The Morgan fingerprint density at radius 1 is 1.26 bits per heavy atom. The van der Waals surface area contributed by atoms with Gasteiger partial charge in [-0.3, -0.25) is 4.98 Å². The van der Waals surface area contributed by atoms with Crippen LogP contribution in [0.15, 0.2) is 42.7 Å². The fourth-order valence-corrected chi connectivity index (χ4v) is 2.37. The Kier molecular flexibility index (Phi) is 4.47. The van der Waals surface area contributed by atoms with Crippen LogP contribution >= 0.6 is 11.6 Å². The van der Waals surface area contributed by atoms with Crippen LogP contribution in [0.1, 0.15) is 23.1 Å². The van der Waals surface area contributed by atoms with Gasteiger partial charge in [-0.15, -0.1) is 0 Å². The number of halogens is 2. The third kappa shape index (κ3) is 2.92. The maximum atomic E-state index is 13.9. The van der Waals surface area contributed by atoms with Gasteiger partial charge in [0.2, 0.25) is 0 Å². The number of nitrogens with zero attached hydrogens (tertiary/aromatic N) is 1. The number of rotatable bonds is 4. The molecule has 0 saturated carbocycles. The van der Waals surface area contributed by atoms with Crippen molar-refractivity contribution >= 4 is 11.6 Å². The van der Waals surface area contributed by atoms with Gasteiger partial charge in [-0.2, -0.15) is 0 Å². The molecule has 0 aliphatic rings. The number of nitrogens with two attached hydrogens (primary N) is 1. The highest BCUT2D eigenvalue weighted by atomic mass is 35.5. The van der Waals surface area contributed by atoms with Crippen LogP contribution in [-0.4, -0.2) is 16.6 Å². The molecule has 0 bridgehead atoms. The van der Waals surface area contributed by atoms with Gasteiger partial charge in [0.05, 0.1) is 6.10 Å². The average Bonchev–Trinajstić information content (AvgIpc) is 2.43. The summed E-state index contributed by atoms with van der Waals surface area (Å²) in [5.41, 5.74) is 6.56. The highest BCUT2D eigenvalue weighted by Crippen LogP contribution is 2.35. The Bertz CT molecular complexity index is 530. The van der Waals surface area contributed by atoms with Crippen molar-refractivity contribution < 1.29 is 9.50 Å². The molecule has 0 radical (unpaired) electrons. The summed E-state index contributed by atoms with van der Waals surface area (Å²) in [5, 5.41) is 10.6. The first-order chi connectivity index (χ1) is 9.15. The summed E-state index contributed by atoms with van der Waals surface area (Å²) in [7, 11) is 0. The average molecular weight is 281 g/mol. The van der Waals surface area contributed by atoms with Gasteiger partial charge in [-0.1, -0.05) is 17.7 Å². The molecule has 3 nitrogen and oxygen atoms in total. The largest absolute Gasteiger partial charge is 0.388 e. The van der Waals surface area contributed by atoms with Crippen LogP contribution in [0.3, 0.4) is 0 Å². The Morgan fingerprint density at radius 2 is 1.95 bits per heavy atom. The Balaban J connectivity index is 2.40. The lowest BCUT2D eigenvalue weighted by atomic mass is 9.89. The second kappa shape index (κ2) is 6.10. The van der Waals surface area contributed by atoms with Gasteiger partial charge in [-0.05, 0) is 29.8 Å². The van der Waals surface area contributed by atoms with Crippen molar-refractivity contribution in [3.63, 3.8) is 0 Å². The maximum Gasteiger partial charge on any atom is 0.128 e. The highest BCUT2D eigenvalue weighted by Gasteiger charge is 2.26. The summed E-state index contributed by atoms with van der Waals surface area (Å²) in [5.74, 6) is -1.06. The molecule has 2 unspecified atom stereocenters. The molecule has 0 saturated heterocycles. The number of pyridine rings is 1. The molecule has 19 heavy (non-hydrogen) atoms. The fraction of sp³-hybridized carbons (Fsp3) is 0.214. The van der Waals surface area contributed by atoms with Crippen molar-refractivity contribution in [2.24, 2.45) is 5.73 Å². The fourth-order valence-electron chi connectivity index (χ4n) is 2.06. The van der Waals surface area contributed by atoms with E-state index in [0.717, 1.165) is 0 Å². The molecule has 1 aromatic carbocycles. The van der Waals surface area contributed by atoms with E-state index in [-0.39, 0.29) is 17.1 Å². The van der Waals surface area contributed by atoms with E-state index in [0.29, 0.717) is 5.56 Å². The second-order valence-electron chi connectivity index (χ2n) is 4.20. The van der Waals surface area contributed by atoms with Crippen molar-refractivity contribution in [3.05, 3.63) is 64.7 Å². The second-order valence-corrected chi connectivity index (χ2v) is 4.61. The smallest absolute Gasteiger partial charge is 0.128 e. The van der Waals surface area contributed by atoms with Crippen LogP contribution in [0.5, 0.6) is 0 Å². The molecule has 0 aliphatic heterocycles. The molecule has 1 aromatic heterocycles. The summed E-state index contributed by atoms with van der Waals surface area (Å²) in [6.45, 7) is 0.0874. The summed E-state index contributed by atoms with van der Waals surface area (Å²) >= 11 is 6.02. The molecule has 0 fully saturated rings. The minimum absolute atomic E-state index is 0.0874. The normalized spacial score (nSPS) is 14.1. The Labute approximate surface area is 115 Å². The van der Waals surface area contributed by atoms with E-state index in [1.54, 1.807) is 30.6 Å². The van der Waals surface area contributed by atoms with Gasteiger partial charge in [0.15, 0.2) is 0 Å². The summed E-state index contributed by atoms with van der Waals surface area (Å²) in [6, 6.07) is 7.75. The first-order valence-electron chi connectivity index (χ1n) is 5.87. The van der Waals surface area contributed by atoms with E-state index in [9.17, 15) is 9.50 Å². The summed E-state index contributed by atoms with van der Waals surface area (Å²) in [6.07, 6.45) is 2.20. The minimum atomic E-state index is -0.928. The number of aromatic nitrogens is 1. The van der Waals surface area contributed by atoms with Gasteiger partial charge < -0.3 is 10.8 Å². The lowest BCUT2D eigenvalue weighted by Crippen LogP contribution is -2.21. The van der Waals surface area contributed by atoms with E-state index >= 15 is 0 Å². The molecule has 0 aliphatic carbocycles. The Morgan fingerprint density at radius 3 is 2.53 bits per heavy atom. The molecule has 2 atom stereocenters. The predicted molar refractivity (Wildman–Crippen MR) is 72.4 cm³/mol. The summed E-state index contributed by atoms with van der Waals surface area (Å²) < 4.78 is 13.9. The van der Waals surface area contributed by atoms with Gasteiger partial charge in [-0.25, -0.2) is 4.39 Å². The van der Waals surface area contributed by atoms with Crippen LogP contribution in [-0.2, 0) is 0 Å². The first-order valence-corrected chi connectivity index (χ1v) is 6.25. The zero-order valence-electron chi connectivity index (χ0n) is 10.1. The third-order valence-corrected chi connectivity index (χ3v) is 3.38. The lowest BCUT2D eigenvalue weighted by Gasteiger charge is -2.23. The molecule has 0 spiro atoms. The number of aliphatic hydroxyl groups excluding tert-OH is 1. The van der Waals surface area contributed by atoms with Gasteiger partial charge in [0.25, 0.3) is 0 Å². The minimum Gasteiger partial charge on any atom is -0.388 e.